The number of nitrogens with zero attached hydrogens (tertiary/aromatic N) is 4. The first-order valence-electron chi connectivity index (χ1n) is 14.7. The van der Waals surface area contributed by atoms with Crippen LogP contribution in [0.5, 0.6) is 0 Å². The number of aromatic nitrogens is 2. The highest BCUT2D eigenvalue weighted by Gasteiger charge is 2.29. The minimum Gasteiger partial charge on any atom is -0.352 e. The summed E-state index contributed by atoms with van der Waals surface area (Å²) in [4.78, 5) is 25.3. The van der Waals surface area contributed by atoms with Gasteiger partial charge >= 0.3 is 0 Å². The molecule has 40 heavy (non-hydrogen) atoms. The van der Waals surface area contributed by atoms with E-state index in [-0.39, 0.29) is 10.8 Å². The van der Waals surface area contributed by atoms with Crippen molar-refractivity contribution in [2.24, 2.45) is 5.92 Å². The summed E-state index contributed by atoms with van der Waals surface area (Å²) in [6, 6.07) is 11.1. The van der Waals surface area contributed by atoms with E-state index in [2.05, 4.69) is 29.0 Å². The molecule has 8 nitrogen and oxygen atoms in total. The summed E-state index contributed by atoms with van der Waals surface area (Å²) in [5.41, 5.74) is 2.44. The standard InChI is InChI=1S/C31H41N5O3S/c1-3-25-9-4-5-16-35(25)17-7-15-33-31(37)28-21-30(24-8-6-14-32-22-24)34-29-11-10-26(20-27(28)29)40(38,39)36-18-12-23(2)13-19-36/h6,8,10-11,14,20-23,25H,3-5,7,9,12-13,15-19H2,1-2H3,(H,33,37). The molecule has 9 heteroatoms. The second-order valence-corrected chi connectivity index (χ2v) is 13.2. The van der Waals surface area contributed by atoms with E-state index in [0.717, 1.165) is 44.3 Å². The number of hydrogen-bond donors (Lipinski definition) is 1. The molecule has 2 aliphatic rings. The molecule has 2 fully saturated rings. The van der Waals surface area contributed by atoms with E-state index in [9.17, 15) is 13.2 Å². The molecule has 1 amide bonds. The third kappa shape index (κ3) is 6.37. The van der Waals surface area contributed by atoms with Gasteiger partial charge in [0, 0.05) is 55.6 Å². The van der Waals surface area contributed by atoms with Crippen LogP contribution in [-0.2, 0) is 10.0 Å². The molecule has 0 aliphatic carbocycles. The second kappa shape index (κ2) is 12.7. The van der Waals surface area contributed by atoms with Gasteiger partial charge in [-0.3, -0.25) is 9.78 Å². The first kappa shape index (κ1) is 28.6. The molecule has 1 aromatic carbocycles. The number of sulfonamides is 1. The van der Waals surface area contributed by atoms with E-state index in [1.807, 2.05) is 12.1 Å². The summed E-state index contributed by atoms with van der Waals surface area (Å²) in [5.74, 6) is 0.306. The molecule has 2 saturated heterocycles. The van der Waals surface area contributed by atoms with Crippen LogP contribution in [0.1, 0.15) is 69.2 Å². The second-order valence-electron chi connectivity index (χ2n) is 11.3. The van der Waals surface area contributed by atoms with Gasteiger partial charge in [0.15, 0.2) is 0 Å². The largest absolute Gasteiger partial charge is 0.352 e. The van der Waals surface area contributed by atoms with E-state index in [1.54, 1.807) is 41.0 Å². The summed E-state index contributed by atoms with van der Waals surface area (Å²) in [6.07, 6.45) is 10.9. The molecule has 4 heterocycles. The maximum absolute atomic E-state index is 13.6. The quantitative estimate of drug-likeness (QED) is 0.364. The Balaban J connectivity index is 1.41. The van der Waals surface area contributed by atoms with Crippen molar-refractivity contribution in [2.75, 3.05) is 32.7 Å². The molecule has 0 spiro atoms. The molecule has 0 saturated carbocycles. The van der Waals surface area contributed by atoms with Gasteiger partial charge in [-0.1, -0.05) is 20.3 Å². The molecule has 1 atom stereocenters. The van der Waals surface area contributed by atoms with Crippen molar-refractivity contribution in [3.05, 3.63) is 54.4 Å². The molecule has 0 bridgehead atoms. The van der Waals surface area contributed by atoms with Gasteiger partial charge in [0.25, 0.3) is 5.91 Å². The van der Waals surface area contributed by atoms with Crippen molar-refractivity contribution in [2.45, 2.75) is 69.7 Å². The zero-order valence-electron chi connectivity index (χ0n) is 23.7. The minimum atomic E-state index is -3.66. The van der Waals surface area contributed by atoms with E-state index in [0.29, 0.717) is 53.8 Å². The lowest BCUT2D eigenvalue weighted by Crippen LogP contribution is -2.40. The Morgan fingerprint density at radius 3 is 2.65 bits per heavy atom. The van der Waals surface area contributed by atoms with Gasteiger partial charge < -0.3 is 10.2 Å². The lowest BCUT2D eigenvalue weighted by atomic mass is 10.00. The fourth-order valence-corrected chi connectivity index (χ4v) is 7.48. The lowest BCUT2D eigenvalue weighted by Gasteiger charge is -2.35. The fourth-order valence-electron chi connectivity index (χ4n) is 5.99. The summed E-state index contributed by atoms with van der Waals surface area (Å²) in [7, 11) is -3.66. The van der Waals surface area contributed by atoms with E-state index in [4.69, 9.17) is 4.98 Å². The van der Waals surface area contributed by atoms with Crippen molar-refractivity contribution < 1.29 is 13.2 Å². The van der Waals surface area contributed by atoms with Crippen molar-refractivity contribution in [1.82, 2.24) is 24.5 Å². The molecule has 0 radical (unpaired) electrons. The molecular weight excluding hydrogens is 522 g/mol. The van der Waals surface area contributed by atoms with Crippen LogP contribution in [0.2, 0.25) is 0 Å². The van der Waals surface area contributed by atoms with Crippen molar-refractivity contribution in [3.8, 4) is 11.3 Å². The predicted octanol–water partition coefficient (Wildman–Crippen LogP) is 5.10. The van der Waals surface area contributed by atoms with E-state index in [1.165, 1.54) is 19.3 Å². The minimum absolute atomic E-state index is 0.204. The van der Waals surface area contributed by atoms with Gasteiger partial charge in [-0.15, -0.1) is 0 Å². The number of carbonyl (C=O) groups is 1. The van der Waals surface area contributed by atoms with Crippen molar-refractivity contribution in [1.29, 1.82) is 0 Å². The number of likely N-dealkylation sites (tertiary alicyclic amines) is 1. The van der Waals surface area contributed by atoms with Crippen LogP contribution < -0.4 is 5.32 Å². The van der Waals surface area contributed by atoms with Crippen molar-refractivity contribution >= 4 is 26.8 Å². The highest BCUT2D eigenvalue weighted by atomic mass is 32.2. The van der Waals surface area contributed by atoms with Crippen LogP contribution in [0.4, 0.5) is 0 Å². The third-order valence-electron chi connectivity index (χ3n) is 8.49. The number of pyridine rings is 2. The first-order chi connectivity index (χ1) is 19.4. The van der Waals surface area contributed by atoms with Gasteiger partial charge in [-0.05, 0) is 87.4 Å². The number of amides is 1. The zero-order valence-corrected chi connectivity index (χ0v) is 24.5. The Hall–Kier alpha value is -2.88. The van der Waals surface area contributed by atoms with Gasteiger partial charge in [0.2, 0.25) is 10.0 Å². The smallest absolute Gasteiger partial charge is 0.252 e. The Bertz CT molecular complexity index is 1420. The van der Waals surface area contributed by atoms with Crippen LogP contribution in [0.25, 0.3) is 22.2 Å². The normalized spacial score (nSPS) is 19.6. The van der Waals surface area contributed by atoms with Gasteiger partial charge in [-0.2, -0.15) is 4.31 Å². The lowest BCUT2D eigenvalue weighted by molar-refractivity contribution is 0.0949. The number of fused-ring (bicyclic) bond motifs is 1. The number of carbonyl (C=O) groups excluding carboxylic acids is 1. The van der Waals surface area contributed by atoms with Crippen LogP contribution in [-0.4, -0.2) is 72.3 Å². The summed E-state index contributed by atoms with van der Waals surface area (Å²) < 4.78 is 28.6. The summed E-state index contributed by atoms with van der Waals surface area (Å²) in [6.45, 7) is 8.09. The van der Waals surface area contributed by atoms with Crippen LogP contribution in [0, 0.1) is 5.92 Å². The SMILES string of the molecule is CCC1CCCCN1CCCNC(=O)c1cc(-c2cccnc2)nc2ccc(S(=O)(=O)N3CCC(C)CC3)cc12. The highest BCUT2D eigenvalue weighted by Crippen LogP contribution is 2.29. The molecule has 2 aliphatic heterocycles. The number of nitrogens with one attached hydrogen (secondary N) is 1. The molecule has 3 aromatic rings. The maximum Gasteiger partial charge on any atom is 0.252 e. The first-order valence-corrected chi connectivity index (χ1v) is 16.2. The van der Waals surface area contributed by atoms with Gasteiger partial charge in [0.1, 0.15) is 0 Å². The topological polar surface area (TPSA) is 95.5 Å². The molecule has 1 unspecified atom stereocenters. The average Bonchev–Trinajstić information content (AvgIpc) is 2.99. The third-order valence-corrected chi connectivity index (χ3v) is 10.4. The van der Waals surface area contributed by atoms with Gasteiger partial charge in [0.05, 0.1) is 21.7 Å². The maximum atomic E-state index is 13.6. The van der Waals surface area contributed by atoms with Crippen LogP contribution in [0.15, 0.2) is 53.7 Å². The molecule has 214 valence electrons. The van der Waals surface area contributed by atoms with E-state index < -0.39 is 10.0 Å². The molecular formula is C31H41N5O3S. The summed E-state index contributed by atoms with van der Waals surface area (Å²) in [5, 5.41) is 3.64. The molecule has 1 N–H and O–H groups in total. The Morgan fingerprint density at radius 1 is 1.07 bits per heavy atom. The Labute approximate surface area is 238 Å². The van der Waals surface area contributed by atoms with Crippen LogP contribution >= 0.6 is 0 Å². The molecule has 2 aromatic heterocycles. The zero-order chi connectivity index (χ0) is 28.1. The van der Waals surface area contributed by atoms with E-state index >= 15 is 0 Å². The molecule has 5 rings (SSSR count). The monoisotopic (exact) mass is 563 g/mol. The number of piperidine rings is 2. The summed E-state index contributed by atoms with van der Waals surface area (Å²) >= 11 is 0. The highest BCUT2D eigenvalue weighted by molar-refractivity contribution is 7.89. The number of benzene rings is 1. The number of hydrogen-bond acceptors (Lipinski definition) is 6. The fraction of sp³-hybridized carbons (Fsp3) is 0.516. The van der Waals surface area contributed by atoms with Crippen LogP contribution in [0.3, 0.4) is 0 Å². The predicted molar refractivity (Wildman–Crippen MR) is 159 cm³/mol. The average molecular weight is 564 g/mol. The Kier molecular flexibility index (Phi) is 9.13. The van der Waals surface area contributed by atoms with Crippen molar-refractivity contribution in [3.63, 3.8) is 0 Å². The Morgan fingerprint density at radius 2 is 1.90 bits per heavy atom. The number of rotatable bonds is 9. The van der Waals surface area contributed by atoms with Gasteiger partial charge in [-0.25, -0.2) is 13.4 Å².